The average molecular weight is 429 g/mol. The summed E-state index contributed by atoms with van der Waals surface area (Å²) in [6, 6.07) is 21.8. The highest BCUT2D eigenvalue weighted by atomic mass is 16.4. The van der Waals surface area contributed by atoms with Crippen molar-refractivity contribution >= 4 is 46.0 Å². The maximum atomic E-state index is 12.7. The second-order valence-corrected chi connectivity index (χ2v) is 7.52. The van der Waals surface area contributed by atoms with E-state index in [1.165, 1.54) is 0 Å². The number of aromatic nitrogens is 2. The van der Waals surface area contributed by atoms with E-state index in [4.69, 9.17) is 10.1 Å². The molecule has 0 fully saturated rings. The second kappa shape index (κ2) is 8.81. The van der Waals surface area contributed by atoms with Crippen molar-refractivity contribution < 1.29 is 14.7 Å². The number of para-hydroxylation sites is 4. The normalized spacial score (nSPS) is 10.8. The van der Waals surface area contributed by atoms with E-state index in [9.17, 15) is 9.59 Å². The van der Waals surface area contributed by atoms with E-state index in [0.29, 0.717) is 16.9 Å². The number of benzene rings is 3. The van der Waals surface area contributed by atoms with E-state index in [2.05, 4.69) is 34.4 Å². The number of imidazole rings is 1. The van der Waals surface area contributed by atoms with Gasteiger partial charge < -0.3 is 20.3 Å². The largest absolute Gasteiger partial charge is 0.465 e. The van der Waals surface area contributed by atoms with Gasteiger partial charge in [-0.05, 0) is 62.4 Å². The number of amides is 2. The summed E-state index contributed by atoms with van der Waals surface area (Å²) in [5.74, 6) is 0.387. The quantitative estimate of drug-likeness (QED) is 0.314. The Morgan fingerprint density at radius 1 is 0.875 bits per heavy atom. The highest BCUT2D eigenvalue weighted by molar-refractivity contribution is 6.07. The van der Waals surface area contributed by atoms with Crippen LogP contribution in [-0.4, -0.2) is 26.7 Å². The van der Waals surface area contributed by atoms with Crippen LogP contribution in [0.15, 0.2) is 72.8 Å². The number of fused-ring (bicyclic) bond motifs is 1. The Hall–Kier alpha value is -4.33. The molecule has 0 atom stereocenters. The Labute approximate surface area is 184 Å². The van der Waals surface area contributed by atoms with Gasteiger partial charge in [-0.15, -0.1) is 0 Å². The van der Waals surface area contributed by atoms with Crippen LogP contribution in [0.4, 0.5) is 27.8 Å². The molecule has 0 radical (unpaired) electrons. The SMILES string of the molecule is CC(C)n1c(Nc2ccc(C(=O)Nc3ccccc3NC(=O)O)cc2)nc2ccccc21. The van der Waals surface area contributed by atoms with E-state index in [-0.39, 0.29) is 11.9 Å². The van der Waals surface area contributed by atoms with Gasteiger partial charge in [0.15, 0.2) is 0 Å². The van der Waals surface area contributed by atoms with E-state index in [0.717, 1.165) is 22.7 Å². The van der Waals surface area contributed by atoms with E-state index in [1.807, 2.05) is 24.3 Å². The van der Waals surface area contributed by atoms with Crippen molar-refractivity contribution in [1.82, 2.24) is 9.55 Å². The molecular weight excluding hydrogens is 406 g/mol. The topological polar surface area (TPSA) is 108 Å². The predicted octanol–water partition coefficient (Wildman–Crippen LogP) is 5.70. The first kappa shape index (κ1) is 20.9. The predicted molar refractivity (Wildman–Crippen MR) is 126 cm³/mol. The van der Waals surface area contributed by atoms with Crippen LogP contribution in [0.5, 0.6) is 0 Å². The first-order chi connectivity index (χ1) is 15.4. The molecular formula is C24H23N5O3. The fourth-order valence-electron chi connectivity index (χ4n) is 3.50. The van der Waals surface area contributed by atoms with Gasteiger partial charge in [0.05, 0.1) is 22.4 Å². The highest BCUT2D eigenvalue weighted by Crippen LogP contribution is 2.27. The molecule has 0 aliphatic rings. The van der Waals surface area contributed by atoms with Crippen molar-refractivity contribution in [3.8, 4) is 0 Å². The summed E-state index contributed by atoms with van der Waals surface area (Å²) in [6.45, 7) is 4.20. The zero-order valence-corrected chi connectivity index (χ0v) is 17.7. The zero-order chi connectivity index (χ0) is 22.7. The van der Waals surface area contributed by atoms with Gasteiger partial charge in [-0.2, -0.15) is 0 Å². The first-order valence-corrected chi connectivity index (χ1v) is 10.2. The molecule has 1 heterocycles. The molecule has 0 saturated carbocycles. The van der Waals surface area contributed by atoms with Gasteiger partial charge in [-0.3, -0.25) is 10.1 Å². The lowest BCUT2D eigenvalue weighted by atomic mass is 10.2. The minimum absolute atomic E-state index is 0.217. The van der Waals surface area contributed by atoms with Crippen LogP contribution >= 0.6 is 0 Å². The smallest absolute Gasteiger partial charge is 0.409 e. The van der Waals surface area contributed by atoms with Gasteiger partial charge in [-0.25, -0.2) is 9.78 Å². The molecule has 0 bridgehead atoms. The van der Waals surface area contributed by atoms with Crippen molar-refractivity contribution in [2.24, 2.45) is 0 Å². The Morgan fingerprint density at radius 3 is 2.16 bits per heavy atom. The molecule has 0 spiro atoms. The van der Waals surface area contributed by atoms with Gasteiger partial charge in [0, 0.05) is 17.3 Å². The third-order valence-corrected chi connectivity index (χ3v) is 4.93. The number of carboxylic acid groups (broad SMARTS) is 1. The van der Waals surface area contributed by atoms with Gasteiger partial charge >= 0.3 is 6.09 Å². The number of nitrogens with zero attached hydrogens (tertiary/aromatic N) is 2. The van der Waals surface area contributed by atoms with Crippen LogP contribution in [-0.2, 0) is 0 Å². The number of hydrogen-bond acceptors (Lipinski definition) is 4. The molecule has 8 nitrogen and oxygen atoms in total. The lowest BCUT2D eigenvalue weighted by molar-refractivity contribution is 0.102. The number of anilines is 4. The molecule has 3 aromatic carbocycles. The van der Waals surface area contributed by atoms with Crippen LogP contribution in [0.1, 0.15) is 30.2 Å². The second-order valence-electron chi connectivity index (χ2n) is 7.52. The summed E-state index contributed by atoms with van der Waals surface area (Å²) in [4.78, 5) is 28.3. The van der Waals surface area contributed by atoms with Crippen LogP contribution in [0, 0.1) is 0 Å². The number of nitrogens with one attached hydrogen (secondary N) is 3. The number of carbonyl (C=O) groups is 2. The lowest BCUT2D eigenvalue weighted by Gasteiger charge is -2.14. The molecule has 1 aromatic heterocycles. The zero-order valence-electron chi connectivity index (χ0n) is 17.7. The fourth-order valence-corrected chi connectivity index (χ4v) is 3.50. The molecule has 2 amide bonds. The first-order valence-electron chi connectivity index (χ1n) is 10.2. The molecule has 8 heteroatoms. The Balaban J connectivity index is 1.52. The minimum atomic E-state index is -1.20. The number of rotatable bonds is 6. The van der Waals surface area contributed by atoms with E-state index >= 15 is 0 Å². The van der Waals surface area contributed by atoms with Crippen LogP contribution in [0.25, 0.3) is 11.0 Å². The maximum Gasteiger partial charge on any atom is 0.409 e. The average Bonchev–Trinajstić information content (AvgIpc) is 3.13. The number of carbonyl (C=O) groups excluding carboxylic acids is 1. The molecule has 0 aliphatic heterocycles. The molecule has 32 heavy (non-hydrogen) atoms. The summed E-state index contributed by atoms with van der Waals surface area (Å²) in [6.07, 6.45) is -1.20. The van der Waals surface area contributed by atoms with Crippen LogP contribution in [0.2, 0.25) is 0 Å². The molecule has 162 valence electrons. The summed E-state index contributed by atoms with van der Waals surface area (Å²) in [7, 11) is 0. The van der Waals surface area contributed by atoms with E-state index in [1.54, 1.807) is 48.5 Å². The standard InChI is InChI=1S/C24H23N5O3/c1-15(2)29-21-10-6-5-9-20(21)27-23(29)25-17-13-11-16(12-14-17)22(30)26-18-7-3-4-8-19(18)28-24(31)32/h3-15,28H,1-2H3,(H,25,27)(H,26,30)(H,31,32). The molecule has 4 N–H and O–H groups in total. The third kappa shape index (κ3) is 4.39. The van der Waals surface area contributed by atoms with Crippen molar-refractivity contribution in [3.05, 3.63) is 78.4 Å². The Kier molecular flexibility index (Phi) is 5.76. The molecule has 0 saturated heterocycles. The monoisotopic (exact) mass is 429 g/mol. The lowest BCUT2D eigenvalue weighted by Crippen LogP contribution is -2.15. The van der Waals surface area contributed by atoms with Crippen LogP contribution in [0.3, 0.4) is 0 Å². The third-order valence-electron chi connectivity index (χ3n) is 4.93. The summed E-state index contributed by atoms with van der Waals surface area (Å²) < 4.78 is 2.13. The molecule has 0 unspecified atom stereocenters. The summed E-state index contributed by atoms with van der Waals surface area (Å²) >= 11 is 0. The van der Waals surface area contributed by atoms with Crippen molar-refractivity contribution in [1.29, 1.82) is 0 Å². The minimum Gasteiger partial charge on any atom is -0.465 e. The molecule has 4 aromatic rings. The van der Waals surface area contributed by atoms with Gasteiger partial charge in [0.25, 0.3) is 5.91 Å². The van der Waals surface area contributed by atoms with Crippen molar-refractivity contribution in [3.63, 3.8) is 0 Å². The Morgan fingerprint density at radius 2 is 1.50 bits per heavy atom. The molecule has 0 aliphatic carbocycles. The fraction of sp³-hybridized carbons (Fsp3) is 0.125. The maximum absolute atomic E-state index is 12.7. The van der Waals surface area contributed by atoms with Crippen molar-refractivity contribution in [2.45, 2.75) is 19.9 Å². The van der Waals surface area contributed by atoms with Crippen molar-refractivity contribution in [2.75, 3.05) is 16.0 Å². The summed E-state index contributed by atoms with van der Waals surface area (Å²) in [5.41, 5.74) is 3.89. The Bertz CT molecular complexity index is 1280. The summed E-state index contributed by atoms with van der Waals surface area (Å²) in [5, 5.41) is 17.3. The van der Waals surface area contributed by atoms with E-state index < -0.39 is 6.09 Å². The van der Waals surface area contributed by atoms with Gasteiger partial charge in [0.2, 0.25) is 5.95 Å². The number of hydrogen-bond donors (Lipinski definition) is 4. The van der Waals surface area contributed by atoms with Gasteiger partial charge in [-0.1, -0.05) is 24.3 Å². The van der Waals surface area contributed by atoms with Crippen LogP contribution < -0.4 is 16.0 Å². The molecule has 4 rings (SSSR count). The highest BCUT2D eigenvalue weighted by Gasteiger charge is 2.14. The van der Waals surface area contributed by atoms with Gasteiger partial charge in [0.1, 0.15) is 0 Å².